The van der Waals surface area contributed by atoms with E-state index in [0.717, 1.165) is 13.1 Å². The van der Waals surface area contributed by atoms with Crippen LogP contribution in [0.25, 0.3) is 0 Å². The number of rotatable bonds is 6. The van der Waals surface area contributed by atoms with Crippen molar-refractivity contribution in [2.75, 3.05) is 18.8 Å². The van der Waals surface area contributed by atoms with Crippen LogP contribution in [-0.2, 0) is 11.2 Å². The summed E-state index contributed by atoms with van der Waals surface area (Å²) in [7, 11) is 0. The molecule has 0 bridgehead atoms. The Morgan fingerprint density at radius 1 is 1.23 bits per heavy atom. The molecular weight excluding hydrogens is 346 g/mol. The summed E-state index contributed by atoms with van der Waals surface area (Å²) in [5, 5.41) is 8.70. The van der Waals surface area contributed by atoms with Gasteiger partial charge in [-0.1, -0.05) is 62.9 Å². The van der Waals surface area contributed by atoms with E-state index in [0.29, 0.717) is 41.0 Å². The Balaban J connectivity index is 1.50. The lowest BCUT2D eigenvalue weighted by atomic mass is 9.92. The minimum Gasteiger partial charge on any atom is -0.416 e. The van der Waals surface area contributed by atoms with Crippen LogP contribution in [0, 0.1) is 11.8 Å². The largest absolute Gasteiger partial charge is 0.416 e. The average molecular weight is 374 g/mol. The number of hydrogen-bond donors (Lipinski definition) is 0. The fraction of sp³-hybridized carbons (Fsp3) is 0.550. The molecule has 0 N–H and O–H groups in total. The molecule has 1 aliphatic rings. The fourth-order valence-electron chi connectivity index (χ4n) is 3.62. The second-order valence-corrected chi connectivity index (χ2v) is 8.44. The highest BCUT2D eigenvalue weighted by molar-refractivity contribution is 7.99. The lowest BCUT2D eigenvalue weighted by Gasteiger charge is -2.34. The number of hydrogen-bond acceptors (Lipinski definition) is 5. The van der Waals surface area contributed by atoms with Crippen molar-refractivity contribution in [2.45, 2.75) is 44.8 Å². The number of amides is 1. The van der Waals surface area contributed by atoms with E-state index in [1.165, 1.54) is 23.7 Å². The minimum absolute atomic E-state index is 0.158. The van der Waals surface area contributed by atoms with E-state index in [-0.39, 0.29) is 5.91 Å². The van der Waals surface area contributed by atoms with Gasteiger partial charge < -0.3 is 9.32 Å². The topological polar surface area (TPSA) is 59.2 Å². The molecule has 26 heavy (non-hydrogen) atoms. The van der Waals surface area contributed by atoms with E-state index < -0.39 is 0 Å². The Bertz CT molecular complexity index is 709. The van der Waals surface area contributed by atoms with Gasteiger partial charge in [-0.15, -0.1) is 10.2 Å². The summed E-state index contributed by atoms with van der Waals surface area (Å²) < 4.78 is 5.73. The van der Waals surface area contributed by atoms with Crippen LogP contribution in [0.3, 0.4) is 0 Å². The van der Waals surface area contributed by atoms with E-state index in [1.807, 2.05) is 23.1 Å². The van der Waals surface area contributed by atoms with Gasteiger partial charge in [0.15, 0.2) is 0 Å². The van der Waals surface area contributed by atoms with Crippen molar-refractivity contribution in [1.82, 2.24) is 15.1 Å². The summed E-state index contributed by atoms with van der Waals surface area (Å²) in [5.74, 6) is 2.59. The van der Waals surface area contributed by atoms with Crippen LogP contribution >= 0.6 is 11.8 Å². The van der Waals surface area contributed by atoms with Gasteiger partial charge in [0.25, 0.3) is 5.22 Å². The Kier molecular flexibility index (Phi) is 6.35. The number of carbonyl (C=O) groups is 1. The lowest BCUT2D eigenvalue weighted by Crippen LogP contribution is -2.43. The molecule has 1 fully saturated rings. The molecule has 140 valence electrons. The number of thioether (sulfide) groups is 1. The third-order valence-corrected chi connectivity index (χ3v) is 5.64. The molecule has 0 saturated carbocycles. The van der Waals surface area contributed by atoms with Crippen LogP contribution in [0.5, 0.6) is 0 Å². The molecule has 3 unspecified atom stereocenters. The zero-order valence-electron chi connectivity index (χ0n) is 15.7. The van der Waals surface area contributed by atoms with Gasteiger partial charge in [-0.05, 0) is 29.7 Å². The van der Waals surface area contributed by atoms with Gasteiger partial charge in [-0.25, -0.2) is 0 Å². The summed E-state index contributed by atoms with van der Waals surface area (Å²) in [5.41, 5.74) is 1.25. The molecule has 2 aromatic rings. The quantitative estimate of drug-likeness (QED) is 0.716. The van der Waals surface area contributed by atoms with E-state index in [4.69, 9.17) is 4.42 Å². The summed E-state index contributed by atoms with van der Waals surface area (Å²) in [6.45, 7) is 8.28. The third-order valence-electron chi connectivity index (χ3n) is 4.84. The van der Waals surface area contributed by atoms with Gasteiger partial charge in [0.1, 0.15) is 0 Å². The van der Waals surface area contributed by atoms with E-state index in [9.17, 15) is 4.79 Å². The number of likely N-dealkylation sites (tertiary alicyclic amines) is 1. The first-order valence-corrected chi connectivity index (χ1v) is 10.3. The van der Waals surface area contributed by atoms with Gasteiger partial charge in [-0.2, -0.15) is 0 Å². The maximum absolute atomic E-state index is 12.4. The van der Waals surface area contributed by atoms with E-state index >= 15 is 0 Å². The zero-order valence-corrected chi connectivity index (χ0v) is 16.5. The molecule has 1 aliphatic heterocycles. The highest BCUT2D eigenvalue weighted by Gasteiger charge is 2.25. The molecule has 1 saturated heterocycles. The van der Waals surface area contributed by atoms with Crippen molar-refractivity contribution in [2.24, 2.45) is 11.8 Å². The van der Waals surface area contributed by atoms with E-state index in [2.05, 4.69) is 43.1 Å². The fourth-order valence-corrected chi connectivity index (χ4v) is 4.30. The van der Waals surface area contributed by atoms with Crippen molar-refractivity contribution < 1.29 is 9.21 Å². The predicted octanol–water partition coefficient (Wildman–Crippen LogP) is 4.01. The van der Waals surface area contributed by atoms with Crippen molar-refractivity contribution in [3.05, 3.63) is 41.8 Å². The molecule has 3 rings (SSSR count). The van der Waals surface area contributed by atoms with Crippen LogP contribution in [0.2, 0.25) is 0 Å². The molecule has 1 amide bonds. The Hall–Kier alpha value is -1.82. The third kappa shape index (κ3) is 5.10. The van der Waals surface area contributed by atoms with Crippen LogP contribution in [0.15, 0.2) is 40.0 Å². The summed E-state index contributed by atoms with van der Waals surface area (Å²) in [6.07, 6.45) is 1.90. The molecule has 6 heteroatoms. The number of nitrogens with zero attached hydrogens (tertiary/aromatic N) is 3. The van der Waals surface area contributed by atoms with Crippen LogP contribution in [-0.4, -0.2) is 39.8 Å². The normalized spacial score (nSPS) is 21.6. The first-order valence-electron chi connectivity index (χ1n) is 9.29. The Morgan fingerprint density at radius 3 is 2.62 bits per heavy atom. The molecule has 0 aliphatic carbocycles. The second-order valence-electron chi connectivity index (χ2n) is 7.51. The van der Waals surface area contributed by atoms with Crippen LogP contribution in [0.1, 0.15) is 44.6 Å². The Labute approximate surface area is 159 Å². The van der Waals surface area contributed by atoms with Gasteiger partial charge >= 0.3 is 0 Å². The molecule has 0 radical (unpaired) electrons. The minimum atomic E-state index is 0.158. The first kappa shape index (κ1) is 19.0. The molecule has 1 aromatic carbocycles. The maximum Gasteiger partial charge on any atom is 0.277 e. The summed E-state index contributed by atoms with van der Waals surface area (Å²) in [4.78, 5) is 14.4. The molecule has 1 aromatic heterocycles. The van der Waals surface area contributed by atoms with Crippen LogP contribution in [0.4, 0.5) is 0 Å². The summed E-state index contributed by atoms with van der Waals surface area (Å²) >= 11 is 1.34. The number of piperidine rings is 1. The number of aromatic nitrogens is 2. The lowest BCUT2D eigenvalue weighted by molar-refractivity contribution is -0.130. The van der Waals surface area contributed by atoms with Crippen LogP contribution < -0.4 is 0 Å². The SMILES string of the molecule is CC1CC(C)CN(C(=O)CSc2nnc(CC(C)c3ccccc3)o2)C1. The molecule has 5 nitrogen and oxygen atoms in total. The van der Waals surface area contributed by atoms with Crippen molar-refractivity contribution in [1.29, 1.82) is 0 Å². The zero-order chi connectivity index (χ0) is 18.5. The average Bonchev–Trinajstić information content (AvgIpc) is 3.07. The molecule has 2 heterocycles. The van der Waals surface area contributed by atoms with Gasteiger partial charge in [-0.3, -0.25) is 4.79 Å². The molecule has 3 atom stereocenters. The van der Waals surface area contributed by atoms with Crippen molar-refractivity contribution in [3.8, 4) is 0 Å². The highest BCUT2D eigenvalue weighted by Crippen LogP contribution is 2.24. The predicted molar refractivity (Wildman–Crippen MR) is 103 cm³/mol. The van der Waals surface area contributed by atoms with Crippen molar-refractivity contribution >= 4 is 17.7 Å². The Morgan fingerprint density at radius 2 is 1.92 bits per heavy atom. The van der Waals surface area contributed by atoms with E-state index in [1.54, 1.807) is 0 Å². The monoisotopic (exact) mass is 373 g/mol. The molecule has 0 spiro atoms. The van der Waals surface area contributed by atoms with Crippen molar-refractivity contribution in [3.63, 3.8) is 0 Å². The first-order chi connectivity index (χ1) is 12.5. The van der Waals surface area contributed by atoms with Gasteiger partial charge in [0.2, 0.25) is 11.8 Å². The standard InChI is InChI=1S/C20H27N3O2S/c1-14-9-15(2)12-23(11-14)19(24)13-26-20-22-21-18(25-20)10-16(3)17-7-5-4-6-8-17/h4-8,14-16H,9-13H2,1-3H3. The van der Waals surface area contributed by atoms with Gasteiger partial charge in [0.05, 0.1) is 5.75 Å². The maximum atomic E-state index is 12.4. The summed E-state index contributed by atoms with van der Waals surface area (Å²) in [6, 6.07) is 10.3. The molecular formula is C20H27N3O2S. The second kappa shape index (κ2) is 8.71. The number of benzene rings is 1. The highest BCUT2D eigenvalue weighted by atomic mass is 32.2. The number of carbonyl (C=O) groups excluding carboxylic acids is 1. The smallest absolute Gasteiger partial charge is 0.277 e. The van der Waals surface area contributed by atoms with Gasteiger partial charge in [0, 0.05) is 19.5 Å².